The van der Waals surface area contributed by atoms with Crippen LogP contribution >= 0.6 is 35.3 Å². The molecule has 0 fully saturated rings. The average Bonchev–Trinajstić information content (AvgIpc) is 3.18. The Labute approximate surface area is 177 Å². The number of rotatable bonds is 6. The van der Waals surface area contributed by atoms with Crippen LogP contribution < -0.4 is 10.6 Å². The Morgan fingerprint density at radius 2 is 2.04 bits per heavy atom. The number of halogens is 1. The number of guanidine groups is 1. The molecule has 26 heavy (non-hydrogen) atoms. The highest BCUT2D eigenvalue weighted by atomic mass is 127. The summed E-state index contributed by atoms with van der Waals surface area (Å²) in [7, 11) is 0. The zero-order chi connectivity index (χ0) is 18.4. The molecule has 2 aromatic heterocycles. The maximum Gasteiger partial charge on any atom is 0.216 e. The van der Waals surface area contributed by atoms with E-state index in [0.29, 0.717) is 24.9 Å². The van der Waals surface area contributed by atoms with E-state index in [-0.39, 0.29) is 29.4 Å². The van der Waals surface area contributed by atoms with Crippen LogP contribution in [0.2, 0.25) is 0 Å². The highest BCUT2D eigenvalue weighted by Gasteiger charge is 2.19. The molecular formula is C18H30IN5OS. The molecule has 0 saturated carbocycles. The van der Waals surface area contributed by atoms with Gasteiger partial charge in [-0.1, -0.05) is 34.6 Å². The third-order valence-electron chi connectivity index (χ3n) is 3.58. The van der Waals surface area contributed by atoms with E-state index >= 15 is 0 Å². The SMILES string of the molecule is CCNC(=NCc1ncc(C(C)(C)C)o1)NCc1nc(C(C)C)cs1.I. The van der Waals surface area contributed by atoms with Crippen LogP contribution in [0.5, 0.6) is 0 Å². The molecule has 0 atom stereocenters. The number of aliphatic imine (C=N–C) groups is 1. The number of aromatic nitrogens is 2. The Kier molecular flexibility index (Phi) is 9.02. The highest BCUT2D eigenvalue weighted by molar-refractivity contribution is 14.0. The second-order valence-corrected chi connectivity index (χ2v) is 8.18. The third kappa shape index (κ3) is 6.86. The van der Waals surface area contributed by atoms with Gasteiger partial charge in [-0.05, 0) is 12.8 Å². The number of hydrogen-bond acceptors (Lipinski definition) is 5. The molecule has 2 heterocycles. The molecule has 2 rings (SSSR count). The topological polar surface area (TPSA) is 75.3 Å². The lowest BCUT2D eigenvalue weighted by Gasteiger charge is -2.13. The Balaban J connectivity index is 0.00000338. The van der Waals surface area contributed by atoms with Crippen LogP contribution in [-0.4, -0.2) is 22.5 Å². The van der Waals surface area contributed by atoms with Gasteiger partial charge in [0.05, 0.1) is 18.4 Å². The van der Waals surface area contributed by atoms with Gasteiger partial charge in [0.25, 0.3) is 0 Å². The Morgan fingerprint density at radius 3 is 2.58 bits per heavy atom. The van der Waals surface area contributed by atoms with Gasteiger partial charge in [-0.25, -0.2) is 15.0 Å². The van der Waals surface area contributed by atoms with Crippen LogP contribution in [0.4, 0.5) is 0 Å². The maximum atomic E-state index is 5.79. The molecule has 0 aliphatic rings. The van der Waals surface area contributed by atoms with Crippen molar-refractivity contribution in [2.75, 3.05) is 6.54 Å². The van der Waals surface area contributed by atoms with Gasteiger partial charge in [0.2, 0.25) is 5.89 Å². The van der Waals surface area contributed by atoms with Crippen LogP contribution in [0.25, 0.3) is 0 Å². The summed E-state index contributed by atoms with van der Waals surface area (Å²) in [5, 5.41) is 9.72. The zero-order valence-electron chi connectivity index (χ0n) is 16.4. The summed E-state index contributed by atoms with van der Waals surface area (Å²) in [6.45, 7) is 14.5. The zero-order valence-corrected chi connectivity index (χ0v) is 19.6. The number of oxazole rings is 1. The minimum absolute atomic E-state index is 0. The van der Waals surface area contributed by atoms with Gasteiger partial charge < -0.3 is 15.1 Å². The van der Waals surface area contributed by atoms with E-state index in [1.807, 2.05) is 6.92 Å². The monoisotopic (exact) mass is 491 g/mol. The van der Waals surface area contributed by atoms with E-state index in [0.717, 1.165) is 29.0 Å². The van der Waals surface area contributed by atoms with E-state index in [9.17, 15) is 0 Å². The molecule has 0 aliphatic heterocycles. The van der Waals surface area contributed by atoms with Crippen molar-refractivity contribution in [3.8, 4) is 0 Å². The first-order valence-electron chi connectivity index (χ1n) is 8.71. The fraction of sp³-hybridized carbons (Fsp3) is 0.611. The molecular weight excluding hydrogens is 461 g/mol. The first kappa shape index (κ1) is 22.9. The average molecular weight is 491 g/mol. The fourth-order valence-electron chi connectivity index (χ4n) is 2.05. The second-order valence-electron chi connectivity index (χ2n) is 7.24. The van der Waals surface area contributed by atoms with Gasteiger partial charge in [0, 0.05) is 17.3 Å². The molecule has 0 radical (unpaired) electrons. The summed E-state index contributed by atoms with van der Waals surface area (Å²) in [4.78, 5) is 13.5. The first-order valence-corrected chi connectivity index (χ1v) is 9.59. The molecule has 0 saturated heterocycles. The normalized spacial score (nSPS) is 12.2. The molecule has 2 aromatic rings. The summed E-state index contributed by atoms with van der Waals surface area (Å²) in [6, 6.07) is 0. The van der Waals surface area contributed by atoms with Crippen molar-refractivity contribution in [3.05, 3.63) is 33.9 Å². The molecule has 0 bridgehead atoms. The van der Waals surface area contributed by atoms with Crippen molar-refractivity contribution in [3.63, 3.8) is 0 Å². The van der Waals surface area contributed by atoms with Gasteiger partial charge >= 0.3 is 0 Å². The predicted molar refractivity (Wildman–Crippen MR) is 118 cm³/mol. The number of thiazole rings is 1. The lowest BCUT2D eigenvalue weighted by atomic mass is 9.94. The van der Waals surface area contributed by atoms with Crippen molar-refractivity contribution in [2.45, 2.75) is 66.0 Å². The minimum Gasteiger partial charge on any atom is -0.443 e. The smallest absolute Gasteiger partial charge is 0.216 e. The standard InChI is InChI=1S/C18H29N5OS.HI/c1-7-19-17(22-10-16-23-13(11-25-16)12(2)3)21-9-15-20-8-14(24-15)18(4,5)6;/h8,11-12H,7,9-10H2,1-6H3,(H2,19,21,22);1H. The van der Waals surface area contributed by atoms with Crippen molar-refractivity contribution >= 4 is 41.3 Å². The van der Waals surface area contributed by atoms with Crippen LogP contribution in [0.15, 0.2) is 21.0 Å². The quantitative estimate of drug-likeness (QED) is 0.356. The maximum absolute atomic E-state index is 5.79. The van der Waals surface area contributed by atoms with Gasteiger partial charge in [0.1, 0.15) is 17.3 Å². The largest absolute Gasteiger partial charge is 0.443 e. The lowest BCUT2D eigenvalue weighted by molar-refractivity contribution is 0.383. The summed E-state index contributed by atoms with van der Waals surface area (Å²) >= 11 is 1.67. The lowest BCUT2D eigenvalue weighted by Crippen LogP contribution is -2.36. The fourth-order valence-corrected chi connectivity index (χ4v) is 2.94. The second kappa shape index (κ2) is 10.2. The van der Waals surface area contributed by atoms with Crippen LogP contribution in [0.3, 0.4) is 0 Å². The van der Waals surface area contributed by atoms with Gasteiger partial charge in [-0.15, -0.1) is 35.3 Å². The van der Waals surface area contributed by atoms with Crippen molar-refractivity contribution in [1.82, 2.24) is 20.6 Å². The molecule has 0 unspecified atom stereocenters. The summed E-state index contributed by atoms with van der Waals surface area (Å²) < 4.78 is 5.79. The van der Waals surface area contributed by atoms with E-state index in [1.54, 1.807) is 17.5 Å². The van der Waals surface area contributed by atoms with E-state index in [2.05, 4.69) is 65.6 Å². The van der Waals surface area contributed by atoms with Crippen molar-refractivity contribution in [1.29, 1.82) is 0 Å². The molecule has 0 aromatic carbocycles. The Morgan fingerprint density at radius 1 is 1.31 bits per heavy atom. The highest BCUT2D eigenvalue weighted by Crippen LogP contribution is 2.22. The Bertz CT molecular complexity index is 703. The molecule has 8 heteroatoms. The van der Waals surface area contributed by atoms with E-state index in [4.69, 9.17) is 4.42 Å². The van der Waals surface area contributed by atoms with Gasteiger partial charge in [0.15, 0.2) is 5.96 Å². The predicted octanol–water partition coefficient (Wildman–Crippen LogP) is 4.43. The van der Waals surface area contributed by atoms with E-state index in [1.165, 1.54) is 0 Å². The van der Waals surface area contributed by atoms with Crippen LogP contribution in [0, 0.1) is 0 Å². The Hall–Kier alpha value is -1.16. The van der Waals surface area contributed by atoms with Gasteiger partial charge in [-0.2, -0.15) is 0 Å². The first-order chi connectivity index (χ1) is 11.8. The summed E-state index contributed by atoms with van der Waals surface area (Å²) in [6.07, 6.45) is 1.79. The number of nitrogens with one attached hydrogen (secondary N) is 2. The number of hydrogen-bond donors (Lipinski definition) is 2. The number of nitrogens with zero attached hydrogens (tertiary/aromatic N) is 3. The molecule has 0 spiro atoms. The van der Waals surface area contributed by atoms with Gasteiger partial charge in [-0.3, -0.25) is 0 Å². The summed E-state index contributed by atoms with van der Waals surface area (Å²) in [5.41, 5.74) is 1.09. The van der Waals surface area contributed by atoms with Crippen LogP contribution in [-0.2, 0) is 18.5 Å². The van der Waals surface area contributed by atoms with Crippen molar-refractivity contribution < 1.29 is 4.42 Å². The van der Waals surface area contributed by atoms with E-state index < -0.39 is 0 Å². The van der Waals surface area contributed by atoms with Crippen LogP contribution in [0.1, 0.15) is 69.8 Å². The molecule has 6 nitrogen and oxygen atoms in total. The molecule has 2 N–H and O–H groups in total. The molecule has 0 aliphatic carbocycles. The summed E-state index contributed by atoms with van der Waals surface area (Å²) in [5.74, 6) is 2.69. The third-order valence-corrected chi connectivity index (χ3v) is 4.44. The minimum atomic E-state index is -0.0450. The van der Waals surface area contributed by atoms with Crippen molar-refractivity contribution in [2.24, 2.45) is 4.99 Å². The molecule has 0 amide bonds. The molecule has 146 valence electrons.